The summed E-state index contributed by atoms with van der Waals surface area (Å²) in [7, 11) is 0. The molecule has 2 nitrogen and oxygen atoms in total. The van der Waals surface area contributed by atoms with Gasteiger partial charge in [0.05, 0.1) is 15.7 Å². The van der Waals surface area contributed by atoms with Gasteiger partial charge in [-0.1, -0.05) is 6.07 Å². The maximum Gasteiger partial charge on any atom is 0.258 e. The summed E-state index contributed by atoms with van der Waals surface area (Å²) in [5, 5.41) is 2.12. The molecule has 2 rings (SSSR count). The summed E-state index contributed by atoms with van der Waals surface area (Å²) in [6.07, 6.45) is 0. The summed E-state index contributed by atoms with van der Waals surface area (Å²) in [5.41, 5.74) is -0.609. The van der Waals surface area contributed by atoms with Crippen molar-refractivity contribution in [2.75, 3.05) is 5.32 Å². The second-order valence-corrected chi connectivity index (χ2v) is 4.53. The topological polar surface area (TPSA) is 29.1 Å². The van der Waals surface area contributed by atoms with Crippen molar-refractivity contribution in [1.82, 2.24) is 0 Å². The molecule has 6 heteroatoms. The minimum Gasteiger partial charge on any atom is -0.319 e. The lowest BCUT2D eigenvalue weighted by molar-refractivity contribution is 0.102. The van der Waals surface area contributed by atoms with E-state index in [4.69, 9.17) is 0 Å². The Bertz CT molecular complexity index is 646. The lowest BCUT2D eigenvalue weighted by atomic mass is 10.2. The zero-order valence-corrected chi connectivity index (χ0v) is 11.0. The highest BCUT2D eigenvalue weighted by Gasteiger charge is 2.15. The molecule has 0 atom stereocenters. The first-order chi connectivity index (χ1) is 8.99. The van der Waals surface area contributed by atoms with Gasteiger partial charge in [0.1, 0.15) is 17.5 Å². The molecule has 1 amide bonds. The number of benzene rings is 2. The summed E-state index contributed by atoms with van der Waals surface area (Å²) in [4.78, 5) is 11.8. The number of carbonyl (C=O) groups excluding carboxylic acids is 1. The van der Waals surface area contributed by atoms with Crippen molar-refractivity contribution in [2.45, 2.75) is 0 Å². The molecule has 1 N–H and O–H groups in total. The van der Waals surface area contributed by atoms with E-state index in [9.17, 15) is 18.0 Å². The molecule has 2 aromatic rings. The molecule has 0 heterocycles. The van der Waals surface area contributed by atoms with Crippen molar-refractivity contribution in [1.29, 1.82) is 0 Å². The summed E-state index contributed by atoms with van der Waals surface area (Å²) < 4.78 is 40.1. The highest BCUT2D eigenvalue weighted by Crippen LogP contribution is 2.21. The van der Waals surface area contributed by atoms with E-state index in [1.165, 1.54) is 18.2 Å². The molecule has 0 saturated carbocycles. The molecule has 98 valence electrons. The molecule has 2 aromatic carbocycles. The van der Waals surface area contributed by atoms with E-state index in [1.54, 1.807) is 0 Å². The predicted octanol–water partition coefficient (Wildman–Crippen LogP) is 4.12. The van der Waals surface area contributed by atoms with Gasteiger partial charge in [-0.2, -0.15) is 0 Å². The zero-order chi connectivity index (χ0) is 14.0. The third kappa shape index (κ3) is 2.96. The Balaban J connectivity index is 2.31. The molecule has 0 aromatic heterocycles. The Morgan fingerprint density at radius 1 is 1.11 bits per heavy atom. The van der Waals surface area contributed by atoms with Gasteiger partial charge in [0, 0.05) is 6.07 Å². The fourth-order valence-corrected chi connectivity index (χ4v) is 1.83. The Hall–Kier alpha value is -1.82. The zero-order valence-electron chi connectivity index (χ0n) is 9.38. The molecule has 0 unspecified atom stereocenters. The molecule has 0 radical (unpaired) electrons. The SMILES string of the molecule is O=C(Nc1cc(F)ccc1F)c1cccc(Br)c1F. The van der Waals surface area contributed by atoms with Crippen molar-refractivity contribution < 1.29 is 18.0 Å². The Morgan fingerprint density at radius 3 is 2.58 bits per heavy atom. The first kappa shape index (κ1) is 13.6. The molecule has 0 bridgehead atoms. The van der Waals surface area contributed by atoms with Crippen LogP contribution in [0.3, 0.4) is 0 Å². The Kier molecular flexibility index (Phi) is 3.90. The smallest absolute Gasteiger partial charge is 0.258 e. The van der Waals surface area contributed by atoms with Crippen molar-refractivity contribution in [3.8, 4) is 0 Å². The largest absolute Gasteiger partial charge is 0.319 e. The standard InChI is InChI=1S/C13H7BrF3NO/c14-9-3-1-2-8(12(9)17)13(19)18-11-6-7(15)4-5-10(11)16/h1-6H,(H,18,19). The second kappa shape index (κ2) is 5.44. The third-order valence-corrected chi connectivity index (χ3v) is 2.99. The van der Waals surface area contributed by atoms with Crippen molar-refractivity contribution in [3.05, 3.63) is 63.9 Å². The highest BCUT2D eigenvalue weighted by atomic mass is 79.9. The average Bonchev–Trinajstić information content (AvgIpc) is 2.37. The van der Waals surface area contributed by atoms with Gasteiger partial charge < -0.3 is 5.32 Å². The van der Waals surface area contributed by atoms with Gasteiger partial charge in [-0.15, -0.1) is 0 Å². The maximum atomic E-state index is 13.7. The predicted molar refractivity (Wildman–Crippen MR) is 68.4 cm³/mol. The van der Waals surface area contributed by atoms with Crippen LogP contribution in [0.1, 0.15) is 10.4 Å². The van der Waals surface area contributed by atoms with Gasteiger partial charge in [0.2, 0.25) is 0 Å². The molecule has 0 saturated heterocycles. The van der Waals surface area contributed by atoms with Crippen LogP contribution in [0.25, 0.3) is 0 Å². The number of amides is 1. The quantitative estimate of drug-likeness (QED) is 0.882. The van der Waals surface area contributed by atoms with Gasteiger partial charge in [-0.25, -0.2) is 13.2 Å². The molecule has 0 aliphatic heterocycles. The Labute approximate surface area is 115 Å². The van der Waals surface area contributed by atoms with Crippen LogP contribution in [-0.2, 0) is 0 Å². The van der Waals surface area contributed by atoms with E-state index in [0.717, 1.165) is 18.2 Å². The van der Waals surface area contributed by atoms with Gasteiger partial charge in [0.15, 0.2) is 0 Å². The van der Waals surface area contributed by atoms with E-state index in [-0.39, 0.29) is 15.7 Å². The molecule has 0 spiro atoms. The number of hydrogen-bond donors (Lipinski definition) is 1. The molecule has 0 fully saturated rings. The van der Waals surface area contributed by atoms with Crippen LogP contribution in [0.2, 0.25) is 0 Å². The lowest BCUT2D eigenvalue weighted by Gasteiger charge is -2.08. The van der Waals surface area contributed by atoms with E-state index in [2.05, 4.69) is 21.2 Å². The number of nitrogens with one attached hydrogen (secondary N) is 1. The van der Waals surface area contributed by atoms with E-state index >= 15 is 0 Å². The fraction of sp³-hybridized carbons (Fsp3) is 0. The molecular weight excluding hydrogens is 323 g/mol. The lowest BCUT2D eigenvalue weighted by Crippen LogP contribution is -2.15. The van der Waals surface area contributed by atoms with Gasteiger partial charge >= 0.3 is 0 Å². The van der Waals surface area contributed by atoms with Crippen LogP contribution in [0.5, 0.6) is 0 Å². The van der Waals surface area contributed by atoms with Crippen molar-refractivity contribution in [2.24, 2.45) is 0 Å². The monoisotopic (exact) mass is 329 g/mol. The van der Waals surface area contributed by atoms with Crippen LogP contribution in [0.15, 0.2) is 40.9 Å². The number of carbonyl (C=O) groups is 1. The molecule has 19 heavy (non-hydrogen) atoms. The van der Waals surface area contributed by atoms with Crippen molar-refractivity contribution >= 4 is 27.5 Å². The number of hydrogen-bond acceptors (Lipinski definition) is 1. The minimum atomic E-state index is -0.858. The maximum absolute atomic E-state index is 13.7. The van der Waals surface area contributed by atoms with Gasteiger partial charge in [0.25, 0.3) is 5.91 Å². The molecule has 0 aliphatic carbocycles. The highest BCUT2D eigenvalue weighted by molar-refractivity contribution is 9.10. The van der Waals surface area contributed by atoms with E-state index < -0.39 is 23.4 Å². The number of rotatable bonds is 2. The fourth-order valence-electron chi connectivity index (χ4n) is 1.46. The third-order valence-electron chi connectivity index (χ3n) is 2.37. The van der Waals surface area contributed by atoms with Crippen molar-refractivity contribution in [3.63, 3.8) is 0 Å². The first-order valence-corrected chi connectivity index (χ1v) is 5.99. The van der Waals surface area contributed by atoms with Gasteiger partial charge in [-0.05, 0) is 40.2 Å². The Morgan fingerprint density at radius 2 is 1.84 bits per heavy atom. The van der Waals surface area contributed by atoms with Crippen LogP contribution >= 0.6 is 15.9 Å². The minimum absolute atomic E-state index is 0.111. The first-order valence-electron chi connectivity index (χ1n) is 5.19. The summed E-state index contributed by atoms with van der Waals surface area (Å²) >= 11 is 2.94. The van der Waals surface area contributed by atoms with Crippen LogP contribution in [-0.4, -0.2) is 5.91 Å². The molecular formula is C13H7BrF3NO. The van der Waals surface area contributed by atoms with E-state index in [1.807, 2.05) is 0 Å². The van der Waals surface area contributed by atoms with E-state index in [0.29, 0.717) is 0 Å². The number of anilines is 1. The second-order valence-electron chi connectivity index (χ2n) is 3.68. The number of halogens is 4. The normalized spacial score (nSPS) is 10.3. The van der Waals surface area contributed by atoms with Gasteiger partial charge in [-0.3, -0.25) is 4.79 Å². The average molecular weight is 330 g/mol. The molecule has 0 aliphatic rings. The summed E-state index contributed by atoms with van der Waals surface area (Å²) in [6, 6.07) is 6.75. The van der Waals surface area contributed by atoms with Crippen LogP contribution < -0.4 is 5.32 Å². The van der Waals surface area contributed by atoms with Crippen LogP contribution in [0.4, 0.5) is 18.9 Å². The summed E-state index contributed by atoms with van der Waals surface area (Å²) in [5.74, 6) is -3.13. The van der Waals surface area contributed by atoms with Crippen LogP contribution in [0, 0.1) is 17.5 Å². The summed E-state index contributed by atoms with van der Waals surface area (Å²) in [6.45, 7) is 0.